The second-order valence-electron chi connectivity index (χ2n) is 2.60. The zero-order valence-corrected chi connectivity index (χ0v) is 6.64. The number of hydrogen-bond acceptors (Lipinski definition) is 4. The Hall–Kier alpha value is -0.600. The fourth-order valence-electron chi connectivity index (χ4n) is 1.12. The lowest BCUT2D eigenvalue weighted by molar-refractivity contribution is -0.0200. The molecule has 1 heterocycles. The molecule has 0 radical (unpaired) electrons. The Labute approximate surface area is 71.1 Å². The molecule has 1 aliphatic heterocycles. The molecule has 1 saturated heterocycles. The van der Waals surface area contributed by atoms with Crippen LogP contribution in [0.4, 0.5) is 0 Å². The zero-order valence-electron chi connectivity index (χ0n) is 6.64. The molecule has 68 valence electrons. The molecule has 2 N–H and O–H groups in total. The summed E-state index contributed by atoms with van der Waals surface area (Å²) in [6.07, 6.45) is 3.26. The van der Waals surface area contributed by atoms with Crippen molar-refractivity contribution in [3.05, 3.63) is 0 Å². The van der Waals surface area contributed by atoms with Gasteiger partial charge in [-0.1, -0.05) is 5.92 Å². The lowest BCUT2D eigenvalue weighted by atomic mass is 10.1. The molecule has 2 unspecified atom stereocenters. The van der Waals surface area contributed by atoms with Gasteiger partial charge in [-0.25, -0.2) is 0 Å². The van der Waals surface area contributed by atoms with Crippen LogP contribution in [0.2, 0.25) is 0 Å². The van der Waals surface area contributed by atoms with Gasteiger partial charge in [0.2, 0.25) is 0 Å². The van der Waals surface area contributed by atoms with Gasteiger partial charge in [0.05, 0.1) is 13.2 Å². The van der Waals surface area contributed by atoms with Crippen molar-refractivity contribution in [1.29, 1.82) is 0 Å². The van der Waals surface area contributed by atoms with E-state index in [1.54, 1.807) is 0 Å². The zero-order chi connectivity index (χ0) is 8.97. The number of hydrogen-bond donors (Lipinski definition) is 2. The Morgan fingerprint density at radius 2 is 2.42 bits per heavy atom. The fraction of sp³-hybridized carbons (Fsp3) is 0.750. The molecular weight excluding hydrogens is 160 g/mol. The van der Waals surface area contributed by atoms with E-state index in [2.05, 4.69) is 5.92 Å². The predicted molar refractivity (Wildman–Crippen MR) is 41.4 cm³/mol. The summed E-state index contributed by atoms with van der Waals surface area (Å²) < 4.78 is 10.1. The smallest absolute Gasteiger partial charge is 0.111 e. The Balaban J connectivity index is 2.34. The van der Waals surface area contributed by atoms with E-state index in [1.807, 2.05) is 0 Å². The number of ether oxygens (including phenoxy) is 2. The SMILES string of the molecule is C#CCOC1CO[C@H](CO)C1O. The fourth-order valence-corrected chi connectivity index (χ4v) is 1.12. The van der Waals surface area contributed by atoms with Gasteiger partial charge in [0.25, 0.3) is 0 Å². The van der Waals surface area contributed by atoms with Crippen LogP contribution in [0.25, 0.3) is 0 Å². The second kappa shape index (κ2) is 4.43. The van der Waals surface area contributed by atoms with Gasteiger partial charge in [-0.2, -0.15) is 0 Å². The first-order chi connectivity index (χ1) is 5.79. The minimum Gasteiger partial charge on any atom is -0.394 e. The van der Waals surface area contributed by atoms with Crippen LogP contribution in [0, 0.1) is 12.3 Å². The van der Waals surface area contributed by atoms with E-state index in [-0.39, 0.29) is 19.8 Å². The van der Waals surface area contributed by atoms with E-state index in [4.69, 9.17) is 21.0 Å². The predicted octanol–water partition coefficient (Wildman–Crippen LogP) is -1.24. The maximum atomic E-state index is 9.40. The third kappa shape index (κ3) is 1.96. The number of terminal acetylenes is 1. The van der Waals surface area contributed by atoms with Gasteiger partial charge in [0.15, 0.2) is 0 Å². The van der Waals surface area contributed by atoms with Gasteiger partial charge >= 0.3 is 0 Å². The molecule has 1 aliphatic rings. The molecule has 0 aliphatic carbocycles. The molecule has 4 nitrogen and oxygen atoms in total. The maximum Gasteiger partial charge on any atom is 0.111 e. The minimum absolute atomic E-state index is 0.156. The number of aliphatic hydroxyl groups is 2. The van der Waals surface area contributed by atoms with Gasteiger partial charge in [0, 0.05) is 0 Å². The van der Waals surface area contributed by atoms with E-state index in [9.17, 15) is 5.11 Å². The van der Waals surface area contributed by atoms with E-state index in [0.29, 0.717) is 0 Å². The highest BCUT2D eigenvalue weighted by Crippen LogP contribution is 2.16. The molecule has 0 amide bonds. The topological polar surface area (TPSA) is 58.9 Å². The van der Waals surface area contributed by atoms with Crippen molar-refractivity contribution < 1.29 is 19.7 Å². The summed E-state index contributed by atoms with van der Waals surface area (Å²) in [5, 5.41) is 18.1. The van der Waals surface area contributed by atoms with Gasteiger partial charge in [-0.05, 0) is 0 Å². The molecule has 0 spiro atoms. The van der Waals surface area contributed by atoms with E-state index in [0.717, 1.165) is 0 Å². The maximum absolute atomic E-state index is 9.40. The van der Waals surface area contributed by atoms with Crippen molar-refractivity contribution in [2.75, 3.05) is 19.8 Å². The van der Waals surface area contributed by atoms with Crippen LogP contribution in [-0.2, 0) is 9.47 Å². The van der Waals surface area contributed by atoms with Crippen molar-refractivity contribution in [1.82, 2.24) is 0 Å². The highest BCUT2D eigenvalue weighted by atomic mass is 16.6. The van der Waals surface area contributed by atoms with Crippen molar-refractivity contribution in [3.8, 4) is 12.3 Å². The van der Waals surface area contributed by atoms with Crippen LogP contribution in [0.3, 0.4) is 0 Å². The third-order valence-corrected chi connectivity index (χ3v) is 1.80. The summed E-state index contributed by atoms with van der Waals surface area (Å²) in [5.41, 5.74) is 0. The minimum atomic E-state index is -0.775. The average Bonchev–Trinajstić information content (AvgIpc) is 2.43. The van der Waals surface area contributed by atoms with Gasteiger partial charge < -0.3 is 19.7 Å². The monoisotopic (exact) mass is 172 g/mol. The van der Waals surface area contributed by atoms with Crippen LogP contribution in [0.1, 0.15) is 0 Å². The van der Waals surface area contributed by atoms with Gasteiger partial charge in [-0.15, -0.1) is 6.42 Å². The molecule has 0 saturated carbocycles. The first kappa shape index (κ1) is 9.49. The Kier molecular flexibility index (Phi) is 3.50. The summed E-state index contributed by atoms with van der Waals surface area (Å²) in [4.78, 5) is 0. The van der Waals surface area contributed by atoms with Crippen molar-refractivity contribution >= 4 is 0 Å². The van der Waals surface area contributed by atoms with Crippen LogP contribution >= 0.6 is 0 Å². The molecule has 4 heteroatoms. The normalized spacial score (nSPS) is 34.9. The summed E-state index contributed by atoms with van der Waals surface area (Å²) in [6.45, 7) is 0.244. The van der Waals surface area contributed by atoms with Crippen LogP contribution in [0.5, 0.6) is 0 Å². The first-order valence-corrected chi connectivity index (χ1v) is 3.75. The third-order valence-electron chi connectivity index (χ3n) is 1.80. The molecule has 0 bridgehead atoms. The summed E-state index contributed by atoms with van der Waals surface area (Å²) in [6, 6.07) is 0. The van der Waals surface area contributed by atoms with E-state index < -0.39 is 18.3 Å². The lowest BCUT2D eigenvalue weighted by Crippen LogP contribution is -2.34. The molecule has 1 rings (SSSR count). The second-order valence-corrected chi connectivity index (χ2v) is 2.60. The molecule has 1 fully saturated rings. The summed E-state index contributed by atoms with van der Waals surface area (Å²) in [5.74, 6) is 2.30. The number of aliphatic hydroxyl groups excluding tert-OH is 2. The van der Waals surface area contributed by atoms with Crippen LogP contribution in [0.15, 0.2) is 0 Å². The average molecular weight is 172 g/mol. The lowest BCUT2D eigenvalue weighted by Gasteiger charge is -2.14. The molecular formula is C8H12O4. The quantitative estimate of drug-likeness (QED) is 0.523. The molecule has 0 aromatic carbocycles. The highest BCUT2D eigenvalue weighted by Gasteiger charge is 2.35. The first-order valence-electron chi connectivity index (χ1n) is 3.75. The van der Waals surface area contributed by atoms with Crippen molar-refractivity contribution in [2.24, 2.45) is 0 Å². The van der Waals surface area contributed by atoms with E-state index >= 15 is 0 Å². The van der Waals surface area contributed by atoms with Crippen molar-refractivity contribution in [2.45, 2.75) is 18.3 Å². The largest absolute Gasteiger partial charge is 0.394 e. The molecule has 0 aromatic rings. The molecule has 0 aromatic heterocycles. The van der Waals surface area contributed by atoms with Gasteiger partial charge in [0.1, 0.15) is 24.9 Å². The molecule has 3 atom stereocenters. The van der Waals surface area contributed by atoms with Crippen LogP contribution < -0.4 is 0 Å². The Morgan fingerprint density at radius 3 is 2.92 bits per heavy atom. The number of rotatable bonds is 3. The van der Waals surface area contributed by atoms with Gasteiger partial charge in [-0.3, -0.25) is 0 Å². The summed E-state index contributed by atoms with van der Waals surface area (Å²) >= 11 is 0. The van der Waals surface area contributed by atoms with Crippen LogP contribution in [-0.4, -0.2) is 48.3 Å². The highest BCUT2D eigenvalue weighted by molar-refractivity contribution is 4.88. The van der Waals surface area contributed by atoms with E-state index in [1.165, 1.54) is 0 Å². The summed E-state index contributed by atoms with van der Waals surface area (Å²) in [7, 11) is 0. The van der Waals surface area contributed by atoms with Crippen molar-refractivity contribution in [3.63, 3.8) is 0 Å². The Bertz CT molecular complexity index is 174. The Morgan fingerprint density at radius 1 is 1.67 bits per heavy atom. The standard InChI is InChI=1S/C8H12O4/c1-2-3-11-7-5-12-6(4-9)8(7)10/h1,6-10H,3-5H2/t6-,7?,8?/m1/s1. The molecule has 12 heavy (non-hydrogen) atoms.